The van der Waals surface area contributed by atoms with Gasteiger partial charge in [-0.3, -0.25) is 9.59 Å². The molecule has 1 aromatic carbocycles. The number of pyridine rings is 1. The van der Waals surface area contributed by atoms with Crippen LogP contribution < -0.4 is 10.3 Å². The number of benzene rings is 1. The molecule has 140 valence electrons. The first kappa shape index (κ1) is 16.6. The van der Waals surface area contributed by atoms with E-state index in [1.807, 2.05) is 27.7 Å². The summed E-state index contributed by atoms with van der Waals surface area (Å²) in [5.41, 5.74) is 3.65. The third kappa shape index (κ3) is 3.05. The summed E-state index contributed by atoms with van der Waals surface area (Å²) in [7, 11) is 0. The number of hydrogen-bond acceptors (Lipinski definition) is 3. The molecule has 1 saturated heterocycles. The third-order valence-electron chi connectivity index (χ3n) is 6.21. The van der Waals surface area contributed by atoms with Gasteiger partial charge in [0.2, 0.25) is 5.91 Å². The predicted molar refractivity (Wildman–Crippen MR) is 102 cm³/mol. The van der Waals surface area contributed by atoms with Gasteiger partial charge >= 0.3 is 0 Å². The molecule has 0 N–H and O–H groups in total. The van der Waals surface area contributed by atoms with Crippen LogP contribution in [0.15, 0.2) is 41.2 Å². The number of rotatable bonds is 3. The zero-order chi connectivity index (χ0) is 18.4. The van der Waals surface area contributed by atoms with Gasteiger partial charge in [0, 0.05) is 50.2 Å². The molecule has 0 spiro atoms. The number of carbonyl (C=O) groups excluding carboxylic acids is 1. The Balaban J connectivity index is 1.26. The molecule has 0 aliphatic carbocycles. The molecule has 5 nitrogen and oxygen atoms in total. The van der Waals surface area contributed by atoms with Gasteiger partial charge < -0.3 is 14.2 Å². The van der Waals surface area contributed by atoms with E-state index in [-0.39, 0.29) is 17.4 Å². The Hall–Kier alpha value is -2.56. The van der Waals surface area contributed by atoms with E-state index in [4.69, 9.17) is 4.74 Å². The lowest BCUT2D eigenvalue weighted by atomic mass is 9.83. The van der Waals surface area contributed by atoms with Gasteiger partial charge in [0.1, 0.15) is 5.75 Å². The molecule has 1 amide bonds. The van der Waals surface area contributed by atoms with Gasteiger partial charge in [0.15, 0.2) is 0 Å². The topological polar surface area (TPSA) is 51.5 Å². The summed E-state index contributed by atoms with van der Waals surface area (Å²) in [6.07, 6.45) is 3.36. The van der Waals surface area contributed by atoms with Gasteiger partial charge in [-0.15, -0.1) is 0 Å². The first-order valence-electron chi connectivity index (χ1n) is 9.89. The van der Waals surface area contributed by atoms with Crippen LogP contribution in [0.4, 0.5) is 0 Å². The number of aryl methyl sites for hydroxylation is 1. The summed E-state index contributed by atoms with van der Waals surface area (Å²) in [6.45, 7) is 3.00. The summed E-state index contributed by atoms with van der Waals surface area (Å²) in [4.78, 5) is 27.0. The summed E-state index contributed by atoms with van der Waals surface area (Å²) < 4.78 is 7.46. The number of amides is 1. The van der Waals surface area contributed by atoms with Crippen molar-refractivity contribution >= 4 is 5.91 Å². The monoisotopic (exact) mass is 364 g/mol. The molecule has 0 saturated carbocycles. The average Bonchev–Trinajstić information content (AvgIpc) is 3.14. The van der Waals surface area contributed by atoms with E-state index in [9.17, 15) is 9.59 Å². The lowest BCUT2D eigenvalue weighted by Crippen LogP contribution is -2.49. The Kier molecular flexibility index (Phi) is 4.03. The molecular weight excluding hydrogens is 340 g/mol. The van der Waals surface area contributed by atoms with Crippen LogP contribution in [0.1, 0.15) is 35.6 Å². The largest absolute Gasteiger partial charge is 0.493 e. The standard InChI is InChI=1S/C22H24N2O3/c25-21(7-5-15-4-6-20-17(10-15)8-9-27-20)23-12-16-11-18(14-23)19-2-1-3-22(26)24(19)13-16/h1-4,6,10,16,18H,5,7-9,11-14H2/t16-,18+/m0/s1. The van der Waals surface area contributed by atoms with Gasteiger partial charge in [-0.05, 0) is 42.0 Å². The van der Waals surface area contributed by atoms with Crippen molar-refractivity contribution in [1.29, 1.82) is 0 Å². The highest BCUT2D eigenvalue weighted by atomic mass is 16.5. The van der Waals surface area contributed by atoms with E-state index in [1.165, 1.54) is 11.1 Å². The molecule has 27 heavy (non-hydrogen) atoms. The summed E-state index contributed by atoms with van der Waals surface area (Å²) in [5.74, 6) is 1.89. The van der Waals surface area contributed by atoms with E-state index >= 15 is 0 Å². The molecule has 5 rings (SSSR count). The van der Waals surface area contributed by atoms with Crippen LogP contribution in [0.5, 0.6) is 5.75 Å². The fourth-order valence-corrected chi connectivity index (χ4v) is 4.90. The SMILES string of the molecule is O=C(CCc1ccc2c(c1)CCO2)N1C[C@@H]2C[C@H](C1)c1cccc(=O)n1C2. The summed E-state index contributed by atoms with van der Waals surface area (Å²) >= 11 is 0. The highest BCUT2D eigenvalue weighted by molar-refractivity contribution is 5.76. The fraction of sp³-hybridized carbons (Fsp3) is 0.455. The van der Waals surface area contributed by atoms with E-state index in [2.05, 4.69) is 12.1 Å². The lowest BCUT2D eigenvalue weighted by Gasteiger charge is -2.42. The van der Waals surface area contributed by atoms with Gasteiger partial charge in [-0.25, -0.2) is 0 Å². The Morgan fingerprint density at radius 3 is 3.00 bits per heavy atom. The van der Waals surface area contributed by atoms with Crippen LogP contribution in [0.2, 0.25) is 0 Å². The predicted octanol–water partition coefficient (Wildman–Crippen LogP) is 2.36. The highest BCUT2D eigenvalue weighted by Gasteiger charge is 2.35. The van der Waals surface area contributed by atoms with E-state index in [0.29, 0.717) is 12.3 Å². The highest BCUT2D eigenvalue weighted by Crippen LogP contribution is 2.35. The van der Waals surface area contributed by atoms with Crippen LogP contribution in [-0.4, -0.2) is 35.1 Å². The van der Waals surface area contributed by atoms with Crippen LogP contribution in [0.25, 0.3) is 0 Å². The van der Waals surface area contributed by atoms with Crippen molar-refractivity contribution < 1.29 is 9.53 Å². The molecule has 1 aromatic heterocycles. The fourth-order valence-electron chi connectivity index (χ4n) is 4.90. The Bertz CT molecular complexity index is 949. The second-order valence-electron chi connectivity index (χ2n) is 8.04. The zero-order valence-electron chi connectivity index (χ0n) is 15.4. The van der Waals surface area contributed by atoms with Crippen LogP contribution in [-0.2, 0) is 24.2 Å². The lowest BCUT2D eigenvalue weighted by molar-refractivity contribution is -0.133. The van der Waals surface area contributed by atoms with Crippen LogP contribution >= 0.6 is 0 Å². The Morgan fingerprint density at radius 2 is 2.07 bits per heavy atom. The minimum atomic E-state index is 0.0857. The zero-order valence-corrected chi connectivity index (χ0v) is 15.4. The van der Waals surface area contributed by atoms with E-state index < -0.39 is 0 Å². The van der Waals surface area contributed by atoms with Crippen molar-refractivity contribution in [2.75, 3.05) is 19.7 Å². The number of fused-ring (bicyclic) bond motifs is 5. The van der Waals surface area contributed by atoms with E-state index in [0.717, 1.165) is 56.9 Å². The Labute approximate surface area is 158 Å². The molecule has 2 bridgehead atoms. The van der Waals surface area contributed by atoms with Crippen molar-refractivity contribution in [2.24, 2.45) is 5.92 Å². The quantitative estimate of drug-likeness (QED) is 0.840. The maximum absolute atomic E-state index is 12.8. The first-order valence-corrected chi connectivity index (χ1v) is 9.89. The number of nitrogens with zero attached hydrogens (tertiary/aromatic N) is 2. The van der Waals surface area contributed by atoms with Gasteiger partial charge in [-0.2, -0.15) is 0 Å². The number of hydrogen-bond donors (Lipinski definition) is 0. The average molecular weight is 364 g/mol. The van der Waals surface area contributed by atoms with Crippen molar-refractivity contribution in [3.63, 3.8) is 0 Å². The van der Waals surface area contributed by atoms with Crippen molar-refractivity contribution in [1.82, 2.24) is 9.47 Å². The molecule has 0 radical (unpaired) electrons. The van der Waals surface area contributed by atoms with E-state index in [1.54, 1.807) is 6.07 Å². The molecule has 4 heterocycles. The smallest absolute Gasteiger partial charge is 0.250 e. The maximum Gasteiger partial charge on any atom is 0.250 e. The first-order chi connectivity index (χ1) is 13.2. The molecule has 2 aromatic rings. The third-order valence-corrected chi connectivity index (χ3v) is 6.21. The number of ether oxygens (including phenoxy) is 1. The minimum Gasteiger partial charge on any atom is -0.493 e. The van der Waals surface area contributed by atoms with Crippen LogP contribution in [0.3, 0.4) is 0 Å². The molecule has 1 fully saturated rings. The second kappa shape index (κ2) is 6.55. The van der Waals surface area contributed by atoms with Crippen molar-refractivity contribution in [3.8, 4) is 5.75 Å². The molecule has 5 heteroatoms. The minimum absolute atomic E-state index is 0.0857. The van der Waals surface area contributed by atoms with Gasteiger partial charge in [0.05, 0.1) is 6.61 Å². The van der Waals surface area contributed by atoms with Gasteiger partial charge in [0.25, 0.3) is 5.56 Å². The molecule has 3 aliphatic rings. The molecule has 3 aliphatic heterocycles. The summed E-state index contributed by atoms with van der Waals surface area (Å²) in [5, 5.41) is 0. The molecule has 2 atom stereocenters. The number of carbonyl (C=O) groups is 1. The van der Waals surface area contributed by atoms with Crippen molar-refractivity contribution in [2.45, 2.75) is 38.1 Å². The van der Waals surface area contributed by atoms with Gasteiger partial charge in [-0.1, -0.05) is 18.2 Å². The molecular formula is C22H24N2O3. The number of piperidine rings is 1. The summed E-state index contributed by atoms with van der Waals surface area (Å²) in [6, 6.07) is 11.8. The molecule has 0 unspecified atom stereocenters. The normalized spacial score (nSPS) is 22.7. The second-order valence-corrected chi connectivity index (χ2v) is 8.04. The Morgan fingerprint density at radius 1 is 1.15 bits per heavy atom. The number of aromatic nitrogens is 1. The number of likely N-dealkylation sites (tertiary alicyclic amines) is 1. The maximum atomic E-state index is 12.8. The van der Waals surface area contributed by atoms with Crippen molar-refractivity contribution in [3.05, 3.63) is 63.6 Å². The van der Waals surface area contributed by atoms with Crippen LogP contribution in [0, 0.1) is 5.92 Å².